The Labute approximate surface area is 130 Å². The fourth-order valence-electron chi connectivity index (χ4n) is 2.09. The number of pyridine rings is 1. The lowest BCUT2D eigenvalue weighted by Gasteiger charge is -2.12. The number of nitrogens with zero attached hydrogens (tertiary/aromatic N) is 1. The summed E-state index contributed by atoms with van der Waals surface area (Å²) in [7, 11) is 0. The minimum Gasteiger partial charge on any atom is -0.454 e. The maximum absolute atomic E-state index is 7.55. The molecule has 0 radical (unpaired) electrons. The SMILES string of the molecule is N=C(N)c1ncccc1Oc1ccc2ccccc2c1Br. The van der Waals surface area contributed by atoms with Gasteiger partial charge in [-0.25, -0.2) is 4.98 Å². The number of amidine groups is 1. The van der Waals surface area contributed by atoms with E-state index < -0.39 is 0 Å². The molecule has 0 saturated heterocycles. The van der Waals surface area contributed by atoms with Gasteiger partial charge in [-0.15, -0.1) is 0 Å². The average Bonchev–Trinajstić information content (AvgIpc) is 2.51. The number of hydrogen-bond acceptors (Lipinski definition) is 3. The molecule has 0 atom stereocenters. The molecule has 0 amide bonds. The van der Waals surface area contributed by atoms with E-state index in [9.17, 15) is 0 Å². The highest BCUT2D eigenvalue weighted by Crippen LogP contribution is 2.36. The topological polar surface area (TPSA) is 72.0 Å². The van der Waals surface area contributed by atoms with Gasteiger partial charge in [-0.2, -0.15) is 0 Å². The molecule has 21 heavy (non-hydrogen) atoms. The summed E-state index contributed by atoms with van der Waals surface area (Å²) in [4.78, 5) is 4.08. The van der Waals surface area contributed by atoms with Crippen molar-refractivity contribution in [1.82, 2.24) is 4.98 Å². The van der Waals surface area contributed by atoms with E-state index in [1.165, 1.54) is 0 Å². The first kappa shape index (κ1) is 13.6. The number of rotatable bonds is 3. The number of halogens is 1. The standard InChI is InChI=1S/C16H12BrN3O/c17-14-11-5-2-1-4-10(11)7-8-12(14)21-13-6-3-9-20-15(13)16(18)19/h1-9H,(H3,18,19). The second kappa shape index (κ2) is 5.54. The Balaban J connectivity index is 2.07. The summed E-state index contributed by atoms with van der Waals surface area (Å²) in [5, 5.41) is 9.73. The summed E-state index contributed by atoms with van der Waals surface area (Å²) in [6, 6.07) is 15.4. The van der Waals surface area contributed by atoms with E-state index in [1.807, 2.05) is 36.4 Å². The van der Waals surface area contributed by atoms with Crippen LogP contribution in [0.1, 0.15) is 5.69 Å². The first-order chi connectivity index (χ1) is 10.2. The van der Waals surface area contributed by atoms with Crippen LogP contribution in [0.15, 0.2) is 59.2 Å². The van der Waals surface area contributed by atoms with Crippen LogP contribution in [0.5, 0.6) is 11.5 Å². The second-order valence-corrected chi connectivity index (χ2v) is 5.26. The van der Waals surface area contributed by atoms with Gasteiger partial charge in [-0.3, -0.25) is 5.41 Å². The Morgan fingerprint density at radius 2 is 1.86 bits per heavy atom. The lowest BCUT2D eigenvalue weighted by molar-refractivity contribution is 0.477. The van der Waals surface area contributed by atoms with E-state index in [4.69, 9.17) is 15.9 Å². The molecule has 0 bridgehead atoms. The van der Waals surface area contributed by atoms with Crippen molar-refractivity contribution in [2.75, 3.05) is 0 Å². The van der Waals surface area contributed by atoms with Gasteiger partial charge in [-0.1, -0.05) is 30.3 Å². The molecule has 0 aliphatic carbocycles. The summed E-state index contributed by atoms with van der Waals surface area (Å²) in [6.45, 7) is 0. The molecular weight excluding hydrogens is 330 g/mol. The van der Waals surface area contributed by atoms with Crippen LogP contribution in [0.2, 0.25) is 0 Å². The minimum atomic E-state index is -0.123. The fraction of sp³-hybridized carbons (Fsp3) is 0. The molecule has 2 aromatic carbocycles. The maximum Gasteiger partial charge on any atom is 0.156 e. The molecule has 104 valence electrons. The van der Waals surface area contributed by atoms with Crippen LogP contribution >= 0.6 is 15.9 Å². The average molecular weight is 342 g/mol. The second-order valence-electron chi connectivity index (χ2n) is 4.46. The van der Waals surface area contributed by atoms with E-state index >= 15 is 0 Å². The highest BCUT2D eigenvalue weighted by molar-refractivity contribution is 9.10. The van der Waals surface area contributed by atoms with Crippen molar-refractivity contribution in [3.8, 4) is 11.5 Å². The largest absolute Gasteiger partial charge is 0.454 e. The van der Waals surface area contributed by atoms with Gasteiger partial charge in [0.1, 0.15) is 17.3 Å². The van der Waals surface area contributed by atoms with Gasteiger partial charge in [0, 0.05) is 6.20 Å². The molecule has 4 nitrogen and oxygen atoms in total. The van der Waals surface area contributed by atoms with Crippen molar-refractivity contribution < 1.29 is 4.74 Å². The Hall–Kier alpha value is -2.40. The minimum absolute atomic E-state index is 0.123. The summed E-state index contributed by atoms with van der Waals surface area (Å²) in [6.07, 6.45) is 1.58. The number of fused-ring (bicyclic) bond motifs is 1. The van der Waals surface area contributed by atoms with Crippen molar-refractivity contribution in [2.45, 2.75) is 0 Å². The fourth-order valence-corrected chi connectivity index (χ4v) is 2.66. The van der Waals surface area contributed by atoms with Crippen molar-refractivity contribution in [1.29, 1.82) is 5.41 Å². The van der Waals surface area contributed by atoms with Crippen LogP contribution in [-0.2, 0) is 0 Å². The Kier molecular flexibility index (Phi) is 3.58. The predicted molar refractivity (Wildman–Crippen MR) is 87.0 cm³/mol. The van der Waals surface area contributed by atoms with E-state index in [0.717, 1.165) is 15.2 Å². The molecule has 3 rings (SSSR count). The van der Waals surface area contributed by atoms with Crippen LogP contribution in [0, 0.1) is 5.41 Å². The highest BCUT2D eigenvalue weighted by Gasteiger charge is 2.12. The van der Waals surface area contributed by atoms with Gasteiger partial charge in [-0.05, 0) is 44.9 Å². The van der Waals surface area contributed by atoms with Gasteiger partial charge in [0.25, 0.3) is 0 Å². The van der Waals surface area contributed by atoms with E-state index in [2.05, 4.69) is 20.9 Å². The summed E-state index contributed by atoms with van der Waals surface area (Å²) < 4.78 is 6.74. The van der Waals surface area contributed by atoms with Gasteiger partial charge < -0.3 is 10.5 Å². The molecule has 0 aliphatic heterocycles. The number of benzene rings is 2. The predicted octanol–water partition coefficient (Wildman–Crippen LogP) is 4.07. The maximum atomic E-state index is 7.55. The van der Waals surface area contributed by atoms with Crippen LogP contribution in [0.25, 0.3) is 10.8 Å². The molecule has 3 N–H and O–H groups in total. The number of nitrogens with one attached hydrogen (secondary N) is 1. The molecular formula is C16H12BrN3O. The summed E-state index contributed by atoms with van der Waals surface area (Å²) >= 11 is 3.57. The van der Waals surface area contributed by atoms with Crippen molar-refractivity contribution in [3.05, 3.63) is 64.9 Å². The number of nitrogen functional groups attached to an aromatic ring is 1. The third kappa shape index (κ3) is 2.60. The molecule has 5 heteroatoms. The lowest BCUT2D eigenvalue weighted by atomic mass is 10.1. The Bertz CT molecular complexity index is 833. The first-order valence-corrected chi connectivity index (χ1v) is 7.10. The molecule has 0 spiro atoms. The number of aromatic nitrogens is 1. The van der Waals surface area contributed by atoms with Crippen LogP contribution in [-0.4, -0.2) is 10.8 Å². The molecule has 0 unspecified atom stereocenters. The molecule has 1 heterocycles. The molecule has 3 aromatic rings. The van der Waals surface area contributed by atoms with Gasteiger partial charge in [0.2, 0.25) is 0 Å². The molecule has 0 saturated carbocycles. The van der Waals surface area contributed by atoms with E-state index in [0.29, 0.717) is 17.2 Å². The van der Waals surface area contributed by atoms with Gasteiger partial charge in [0.15, 0.2) is 5.75 Å². The van der Waals surface area contributed by atoms with Crippen molar-refractivity contribution >= 4 is 32.5 Å². The van der Waals surface area contributed by atoms with Crippen molar-refractivity contribution in [2.24, 2.45) is 5.73 Å². The zero-order valence-corrected chi connectivity index (χ0v) is 12.6. The number of nitrogens with two attached hydrogens (primary N) is 1. The van der Waals surface area contributed by atoms with E-state index in [1.54, 1.807) is 18.3 Å². The number of hydrogen-bond donors (Lipinski definition) is 2. The zero-order valence-electron chi connectivity index (χ0n) is 11.0. The van der Waals surface area contributed by atoms with Crippen LogP contribution in [0.3, 0.4) is 0 Å². The normalized spacial score (nSPS) is 10.5. The van der Waals surface area contributed by atoms with Gasteiger partial charge >= 0.3 is 0 Å². The third-order valence-electron chi connectivity index (χ3n) is 3.07. The third-order valence-corrected chi connectivity index (χ3v) is 3.89. The monoisotopic (exact) mass is 341 g/mol. The lowest BCUT2D eigenvalue weighted by Crippen LogP contribution is -2.14. The zero-order chi connectivity index (χ0) is 14.8. The van der Waals surface area contributed by atoms with Crippen molar-refractivity contribution in [3.63, 3.8) is 0 Å². The Morgan fingerprint density at radius 3 is 2.67 bits per heavy atom. The first-order valence-electron chi connectivity index (χ1n) is 6.31. The van der Waals surface area contributed by atoms with E-state index in [-0.39, 0.29) is 5.84 Å². The molecule has 0 aliphatic rings. The quantitative estimate of drug-likeness (QED) is 0.557. The molecule has 1 aromatic heterocycles. The Morgan fingerprint density at radius 1 is 1.05 bits per heavy atom. The summed E-state index contributed by atoms with van der Waals surface area (Å²) in [5.41, 5.74) is 5.86. The number of ether oxygens (including phenoxy) is 1. The molecule has 0 fully saturated rings. The van der Waals surface area contributed by atoms with Crippen LogP contribution in [0.4, 0.5) is 0 Å². The highest BCUT2D eigenvalue weighted by atomic mass is 79.9. The van der Waals surface area contributed by atoms with Crippen LogP contribution < -0.4 is 10.5 Å². The van der Waals surface area contributed by atoms with Gasteiger partial charge in [0.05, 0.1) is 4.47 Å². The smallest absolute Gasteiger partial charge is 0.156 e. The summed E-state index contributed by atoms with van der Waals surface area (Å²) in [5.74, 6) is 0.993.